The summed E-state index contributed by atoms with van der Waals surface area (Å²) in [6.45, 7) is 4.98. The second-order valence-corrected chi connectivity index (χ2v) is 7.23. The van der Waals surface area contributed by atoms with E-state index in [-0.39, 0.29) is 18.1 Å². The third kappa shape index (κ3) is 4.07. The largest absolute Gasteiger partial charge is 0.441 e. The van der Waals surface area contributed by atoms with Gasteiger partial charge in [0.2, 0.25) is 11.8 Å². The topological polar surface area (TPSA) is 55.6 Å². The van der Waals surface area contributed by atoms with Crippen LogP contribution in [-0.4, -0.2) is 35.5 Å². The molecule has 1 saturated heterocycles. The van der Waals surface area contributed by atoms with E-state index in [1.165, 1.54) is 6.07 Å². The molecule has 2 heterocycles. The van der Waals surface area contributed by atoms with E-state index in [2.05, 4.69) is 4.98 Å². The third-order valence-electron chi connectivity index (χ3n) is 5.26. The molecular weight excluding hydrogens is 371 g/mol. The molecule has 0 saturated carbocycles. The Balaban J connectivity index is 1.48. The Kier molecular flexibility index (Phi) is 5.45. The quantitative estimate of drug-likeness (QED) is 0.664. The number of oxazole rings is 1. The smallest absolute Gasteiger partial charge is 0.228 e. The monoisotopic (exact) mass is 394 g/mol. The number of ether oxygens (including phenoxy) is 1. The Labute approximate surface area is 169 Å². The van der Waals surface area contributed by atoms with Gasteiger partial charge in [0.25, 0.3) is 0 Å². The van der Waals surface area contributed by atoms with Gasteiger partial charge < -0.3 is 14.1 Å². The van der Waals surface area contributed by atoms with Crippen LogP contribution < -0.4 is 0 Å². The highest BCUT2D eigenvalue weighted by Crippen LogP contribution is 2.27. The van der Waals surface area contributed by atoms with Crippen LogP contribution >= 0.6 is 0 Å². The van der Waals surface area contributed by atoms with Gasteiger partial charge in [-0.15, -0.1) is 0 Å². The number of hydrogen-bond donors (Lipinski definition) is 0. The number of rotatable bonds is 4. The average molecular weight is 394 g/mol. The second-order valence-electron chi connectivity index (χ2n) is 7.23. The van der Waals surface area contributed by atoms with E-state index < -0.39 is 6.10 Å². The molecule has 1 fully saturated rings. The van der Waals surface area contributed by atoms with Crippen LogP contribution in [0.2, 0.25) is 0 Å². The van der Waals surface area contributed by atoms with Crippen LogP contribution in [0.3, 0.4) is 0 Å². The van der Waals surface area contributed by atoms with Crippen LogP contribution in [0.4, 0.5) is 4.39 Å². The van der Waals surface area contributed by atoms with Crippen molar-refractivity contribution in [3.05, 3.63) is 76.9 Å². The lowest BCUT2D eigenvalue weighted by Crippen LogP contribution is -2.43. The molecule has 0 radical (unpaired) electrons. The summed E-state index contributed by atoms with van der Waals surface area (Å²) in [7, 11) is 0. The molecule has 1 amide bonds. The van der Waals surface area contributed by atoms with Crippen LogP contribution in [0.25, 0.3) is 11.5 Å². The number of aryl methyl sites for hydroxylation is 2. The number of carbonyl (C=O) groups excluding carboxylic acids is 1. The molecule has 0 spiro atoms. The molecule has 1 aliphatic rings. The Bertz CT molecular complexity index is 1030. The summed E-state index contributed by atoms with van der Waals surface area (Å²) >= 11 is 0. The van der Waals surface area contributed by atoms with Crippen LogP contribution in [0.5, 0.6) is 0 Å². The fraction of sp³-hybridized carbons (Fsp3) is 0.304. The first-order valence-electron chi connectivity index (χ1n) is 9.69. The molecule has 0 aliphatic carbocycles. The van der Waals surface area contributed by atoms with E-state index in [1.807, 2.05) is 38.1 Å². The molecule has 4 rings (SSSR count). The van der Waals surface area contributed by atoms with Crippen molar-refractivity contribution in [2.24, 2.45) is 0 Å². The normalized spacial score (nSPS) is 16.8. The molecule has 1 aliphatic heterocycles. The van der Waals surface area contributed by atoms with Crippen molar-refractivity contribution < 1.29 is 18.3 Å². The fourth-order valence-corrected chi connectivity index (χ4v) is 3.58. The average Bonchev–Trinajstić information content (AvgIpc) is 3.09. The van der Waals surface area contributed by atoms with Crippen LogP contribution in [0.1, 0.15) is 28.7 Å². The molecule has 0 bridgehead atoms. The number of amides is 1. The first-order chi connectivity index (χ1) is 14.0. The number of aromatic nitrogens is 1. The number of halogens is 1. The van der Waals surface area contributed by atoms with Gasteiger partial charge in [-0.05, 0) is 31.5 Å². The van der Waals surface area contributed by atoms with Crippen LogP contribution in [-0.2, 0) is 16.0 Å². The van der Waals surface area contributed by atoms with Crippen molar-refractivity contribution in [2.45, 2.75) is 26.4 Å². The maximum atomic E-state index is 14.1. The van der Waals surface area contributed by atoms with Crippen LogP contribution in [0.15, 0.2) is 52.9 Å². The van der Waals surface area contributed by atoms with Gasteiger partial charge in [0, 0.05) is 17.7 Å². The van der Waals surface area contributed by atoms with Gasteiger partial charge in [0.05, 0.1) is 25.3 Å². The van der Waals surface area contributed by atoms with Gasteiger partial charge in [0.15, 0.2) is 0 Å². The molecule has 5 nitrogen and oxygen atoms in total. The fourth-order valence-electron chi connectivity index (χ4n) is 3.58. The van der Waals surface area contributed by atoms with Gasteiger partial charge in [-0.2, -0.15) is 0 Å². The number of benzene rings is 2. The first kappa shape index (κ1) is 19.3. The van der Waals surface area contributed by atoms with E-state index in [9.17, 15) is 9.18 Å². The highest BCUT2D eigenvalue weighted by molar-refractivity contribution is 5.79. The van der Waals surface area contributed by atoms with Crippen LogP contribution in [0, 0.1) is 19.7 Å². The Hall–Kier alpha value is -2.99. The van der Waals surface area contributed by atoms with Gasteiger partial charge in [-0.3, -0.25) is 4.79 Å². The van der Waals surface area contributed by atoms with Gasteiger partial charge in [-0.25, -0.2) is 9.37 Å². The summed E-state index contributed by atoms with van der Waals surface area (Å²) in [5.41, 5.74) is 3.08. The molecule has 2 aromatic carbocycles. The zero-order valence-electron chi connectivity index (χ0n) is 16.5. The van der Waals surface area contributed by atoms with Crippen molar-refractivity contribution in [3.63, 3.8) is 0 Å². The molecule has 150 valence electrons. The lowest BCUT2D eigenvalue weighted by Gasteiger charge is -2.33. The number of nitrogens with zero attached hydrogens (tertiary/aromatic N) is 2. The number of morpholine rings is 1. The van der Waals surface area contributed by atoms with Crippen molar-refractivity contribution in [1.29, 1.82) is 0 Å². The Morgan fingerprint density at radius 3 is 2.72 bits per heavy atom. The summed E-state index contributed by atoms with van der Waals surface area (Å²) < 4.78 is 25.6. The SMILES string of the molecule is Cc1ccccc1-c1nc(CC(=O)N2CCOC(c3ccccc3F)C2)c(C)o1. The molecule has 0 N–H and O–H groups in total. The van der Waals surface area contributed by atoms with Gasteiger partial charge >= 0.3 is 0 Å². The number of hydrogen-bond acceptors (Lipinski definition) is 4. The molecule has 1 atom stereocenters. The number of carbonyl (C=O) groups is 1. The summed E-state index contributed by atoms with van der Waals surface area (Å²) in [5.74, 6) is 0.773. The predicted octanol–water partition coefficient (Wildman–Crippen LogP) is 4.24. The van der Waals surface area contributed by atoms with Crippen molar-refractivity contribution in [3.8, 4) is 11.5 Å². The molecule has 29 heavy (non-hydrogen) atoms. The highest BCUT2D eigenvalue weighted by Gasteiger charge is 2.28. The van der Waals surface area contributed by atoms with E-state index in [4.69, 9.17) is 9.15 Å². The first-order valence-corrected chi connectivity index (χ1v) is 9.69. The lowest BCUT2D eigenvalue weighted by atomic mass is 10.1. The molecule has 1 unspecified atom stereocenters. The molecular formula is C23H23FN2O3. The zero-order chi connectivity index (χ0) is 20.4. The summed E-state index contributed by atoms with van der Waals surface area (Å²) in [5, 5.41) is 0. The van der Waals surface area contributed by atoms with E-state index in [1.54, 1.807) is 23.1 Å². The lowest BCUT2D eigenvalue weighted by molar-refractivity contribution is -0.138. The van der Waals surface area contributed by atoms with Gasteiger partial charge in [-0.1, -0.05) is 36.4 Å². The summed E-state index contributed by atoms with van der Waals surface area (Å²) in [4.78, 5) is 19.2. The van der Waals surface area contributed by atoms with E-state index in [0.29, 0.717) is 42.6 Å². The standard InChI is InChI=1S/C23H23FN2O3/c1-15-7-3-4-8-17(15)23-25-20(16(2)29-23)13-22(27)26-11-12-28-21(14-26)18-9-5-6-10-19(18)24/h3-10,21H,11-14H2,1-2H3. The van der Waals surface area contributed by atoms with E-state index >= 15 is 0 Å². The second kappa shape index (κ2) is 8.17. The minimum atomic E-state index is -0.463. The predicted molar refractivity (Wildman–Crippen MR) is 107 cm³/mol. The minimum Gasteiger partial charge on any atom is -0.441 e. The minimum absolute atomic E-state index is 0.0672. The maximum absolute atomic E-state index is 14.1. The highest BCUT2D eigenvalue weighted by atomic mass is 19.1. The summed E-state index contributed by atoms with van der Waals surface area (Å²) in [6, 6.07) is 14.4. The maximum Gasteiger partial charge on any atom is 0.228 e. The molecule has 1 aromatic heterocycles. The Morgan fingerprint density at radius 2 is 1.93 bits per heavy atom. The van der Waals surface area contributed by atoms with Crippen molar-refractivity contribution >= 4 is 5.91 Å². The van der Waals surface area contributed by atoms with Crippen molar-refractivity contribution in [1.82, 2.24) is 9.88 Å². The molecule has 3 aromatic rings. The van der Waals surface area contributed by atoms with Gasteiger partial charge in [0.1, 0.15) is 17.7 Å². The third-order valence-corrected chi connectivity index (χ3v) is 5.26. The molecule has 6 heteroatoms. The zero-order valence-corrected chi connectivity index (χ0v) is 16.5. The summed E-state index contributed by atoms with van der Waals surface area (Å²) in [6.07, 6.45) is -0.319. The van der Waals surface area contributed by atoms with Crippen molar-refractivity contribution in [2.75, 3.05) is 19.7 Å². The Morgan fingerprint density at radius 1 is 1.17 bits per heavy atom. The van der Waals surface area contributed by atoms with E-state index in [0.717, 1.165) is 11.1 Å².